The molecule has 1 aromatic carbocycles. The van der Waals surface area contributed by atoms with Crippen LogP contribution < -0.4 is 5.32 Å². The number of fused-ring (bicyclic) bond motifs is 1. The molecule has 2 heterocycles. The molecule has 5 heteroatoms. The summed E-state index contributed by atoms with van der Waals surface area (Å²) in [5, 5.41) is 13.4. The molecule has 3 aromatic rings. The molecule has 0 aliphatic heterocycles. The van der Waals surface area contributed by atoms with Gasteiger partial charge < -0.3 is 9.88 Å². The van der Waals surface area contributed by atoms with Gasteiger partial charge in [-0.25, -0.2) is 9.97 Å². The van der Waals surface area contributed by atoms with Crippen LogP contribution in [0, 0.1) is 11.3 Å². The van der Waals surface area contributed by atoms with E-state index in [1.54, 1.807) is 12.3 Å². The minimum absolute atomic E-state index is 0.639. The summed E-state index contributed by atoms with van der Waals surface area (Å²) in [6, 6.07) is 11.7. The normalized spacial score (nSPS) is 10.5. The van der Waals surface area contributed by atoms with Crippen molar-refractivity contribution in [3.8, 4) is 6.07 Å². The van der Waals surface area contributed by atoms with E-state index < -0.39 is 0 Å². The number of hydrogen-bond donors (Lipinski definition) is 1. The van der Waals surface area contributed by atoms with E-state index in [0.717, 1.165) is 35.5 Å². The van der Waals surface area contributed by atoms with Gasteiger partial charge in [-0.1, -0.05) is 18.2 Å². The highest BCUT2D eigenvalue weighted by atomic mass is 15.0. The van der Waals surface area contributed by atoms with Gasteiger partial charge in [0.1, 0.15) is 11.6 Å². The Kier molecular flexibility index (Phi) is 3.52. The Morgan fingerprint density at radius 2 is 2.19 bits per heavy atom. The summed E-state index contributed by atoms with van der Waals surface area (Å²) in [7, 11) is 1.98. The van der Waals surface area contributed by atoms with Gasteiger partial charge in [0.05, 0.1) is 17.1 Å². The maximum atomic E-state index is 9.25. The van der Waals surface area contributed by atoms with Crippen molar-refractivity contribution in [2.75, 3.05) is 11.9 Å². The zero-order valence-electron chi connectivity index (χ0n) is 11.7. The van der Waals surface area contributed by atoms with Gasteiger partial charge in [0.25, 0.3) is 0 Å². The van der Waals surface area contributed by atoms with Crippen LogP contribution in [0.2, 0.25) is 0 Å². The van der Waals surface area contributed by atoms with E-state index in [0.29, 0.717) is 5.56 Å². The molecule has 0 spiro atoms. The SMILES string of the molecule is Cn1ccnc1CCNc1cc(C#N)c2ccccc2n1. The van der Waals surface area contributed by atoms with Crippen molar-refractivity contribution in [2.24, 2.45) is 7.05 Å². The summed E-state index contributed by atoms with van der Waals surface area (Å²) in [5.74, 6) is 1.74. The Labute approximate surface area is 122 Å². The van der Waals surface area contributed by atoms with Gasteiger partial charge in [0.2, 0.25) is 0 Å². The number of rotatable bonds is 4. The topological polar surface area (TPSA) is 66.5 Å². The average molecular weight is 277 g/mol. The third-order valence-electron chi connectivity index (χ3n) is 3.41. The van der Waals surface area contributed by atoms with Gasteiger partial charge in [-0.05, 0) is 12.1 Å². The maximum absolute atomic E-state index is 9.25. The van der Waals surface area contributed by atoms with Crippen molar-refractivity contribution in [3.63, 3.8) is 0 Å². The van der Waals surface area contributed by atoms with Crippen molar-refractivity contribution in [1.29, 1.82) is 5.26 Å². The lowest BCUT2D eigenvalue weighted by Crippen LogP contribution is -2.09. The summed E-state index contributed by atoms with van der Waals surface area (Å²) >= 11 is 0. The summed E-state index contributed by atoms with van der Waals surface area (Å²) < 4.78 is 2.00. The highest BCUT2D eigenvalue weighted by Crippen LogP contribution is 2.19. The Morgan fingerprint density at radius 1 is 1.33 bits per heavy atom. The van der Waals surface area contributed by atoms with Gasteiger partial charge >= 0.3 is 0 Å². The molecule has 0 amide bonds. The molecule has 0 fully saturated rings. The molecule has 104 valence electrons. The van der Waals surface area contributed by atoms with Gasteiger partial charge in [-0.2, -0.15) is 5.26 Å². The van der Waals surface area contributed by atoms with E-state index in [9.17, 15) is 5.26 Å². The van der Waals surface area contributed by atoms with E-state index in [1.807, 2.05) is 42.1 Å². The smallest absolute Gasteiger partial charge is 0.127 e. The van der Waals surface area contributed by atoms with E-state index in [2.05, 4.69) is 21.4 Å². The fourth-order valence-electron chi connectivity index (χ4n) is 2.30. The summed E-state index contributed by atoms with van der Waals surface area (Å²) in [5.41, 5.74) is 1.47. The Hall–Kier alpha value is -2.87. The number of pyridine rings is 1. The van der Waals surface area contributed by atoms with Crippen molar-refractivity contribution >= 4 is 16.7 Å². The molecule has 0 radical (unpaired) electrons. The van der Waals surface area contributed by atoms with Crippen LogP contribution in [0.5, 0.6) is 0 Å². The minimum Gasteiger partial charge on any atom is -0.370 e. The zero-order valence-corrected chi connectivity index (χ0v) is 11.7. The number of para-hydroxylation sites is 1. The van der Waals surface area contributed by atoms with Gasteiger partial charge in [0, 0.05) is 37.8 Å². The Balaban J connectivity index is 1.78. The number of nitriles is 1. The largest absolute Gasteiger partial charge is 0.370 e. The van der Waals surface area contributed by atoms with Crippen LogP contribution in [0.3, 0.4) is 0 Å². The summed E-state index contributed by atoms with van der Waals surface area (Å²) in [4.78, 5) is 8.82. The molecule has 0 bridgehead atoms. The van der Waals surface area contributed by atoms with Crippen molar-refractivity contribution in [3.05, 3.63) is 54.1 Å². The van der Waals surface area contributed by atoms with Crippen LogP contribution in [0.15, 0.2) is 42.7 Å². The number of aromatic nitrogens is 3. The standard InChI is InChI=1S/C16H15N5/c1-21-9-8-19-16(21)6-7-18-15-10-12(11-17)13-4-2-3-5-14(13)20-15/h2-5,8-10H,6-7H2,1H3,(H,18,20). The fourth-order valence-corrected chi connectivity index (χ4v) is 2.30. The first-order valence-electron chi connectivity index (χ1n) is 6.78. The van der Waals surface area contributed by atoms with E-state index in [1.165, 1.54) is 0 Å². The molecule has 21 heavy (non-hydrogen) atoms. The third kappa shape index (κ3) is 2.70. The summed E-state index contributed by atoms with van der Waals surface area (Å²) in [6.07, 6.45) is 4.52. The first kappa shape index (κ1) is 13.1. The van der Waals surface area contributed by atoms with Crippen molar-refractivity contribution < 1.29 is 0 Å². The van der Waals surface area contributed by atoms with Gasteiger partial charge in [0.15, 0.2) is 0 Å². The van der Waals surface area contributed by atoms with Gasteiger partial charge in [-0.15, -0.1) is 0 Å². The number of nitrogens with zero attached hydrogens (tertiary/aromatic N) is 4. The molecule has 3 rings (SSSR count). The number of hydrogen-bond acceptors (Lipinski definition) is 4. The predicted octanol–water partition coefficient (Wildman–Crippen LogP) is 2.49. The number of nitrogens with one attached hydrogen (secondary N) is 1. The molecule has 2 aromatic heterocycles. The molecule has 0 unspecified atom stereocenters. The maximum Gasteiger partial charge on any atom is 0.127 e. The van der Waals surface area contributed by atoms with Crippen LogP contribution in [0.1, 0.15) is 11.4 Å². The molecule has 0 atom stereocenters. The van der Waals surface area contributed by atoms with Gasteiger partial charge in [-0.3, -0.25) is 0 Å². The Bertz CT molecular complexity index is 813. The first-order valence-corrected chi connectivity index (χ1v) is 6.78. The highest BCUT2D eigenvalue weighted by molar-refractivity contribution is 5.86. The Morgan fingerprint density at radius 3 is 2.95 bits per heavy atom. The molecular weight excluding hydrogens is 262 g/mol. The van der Waals surface area contributed by atoms with Crippen molar-refractivity contribution in [1.82, 2.24) is 14.5 Å². The van der Waals surface area contributed by atoms with E-state index in [4.69, 9.17) is 0 Å². The highest BCUT2D eigenvalue weighted by Gasteiger charge is 2.05. The fraction of sp³-hybridized carbons (Fsp3) is 0.188. The molecule has 0 saturated heterocycles. The molecule has 0 aliphatic rings. The predicted molar refractivity (Wildman–Crippen MR) is 81.9 cm³/mol. The second kappa shape index (κ2) is 5.63. The zero-order chi connectivity index (χ0) is 14.7. The molecule has 1 N–H and O–H groups in total. The van der Waals surface area contributed by atoms with Crippen molar-refractivity contribution in [2.45, 2.75) is 6.42 Å². The van der Waals surface area contributed by atoms with Crippen LogP contribution in [0.25, 0.3) is 10.9 Å². The number of benzene rings is 1. The molecule has 0 aliphatic carbocycles. The molecule has 5 nitrogen and oxygen atoms in total. The van der Waals surface area contributed by atoms with Crippen LogP contribution in [-0.2, 0) is 13.5 Å². The number of imidazole rings is 1. The lowest BCUT2D eigenvalue weighted by Gasteiger charge is -2.08. The minimum atomic E-state index is 0.639. The second-order valence-corrected chi connectivity index (χ2v) is 4.82. The van der Waals surface area contributed by atoms with Crippen LogP contribution >= 0.6 is 0 Å². The lowest BCUT2D eigenvalue weighted by atomic mass is 10.1. The monoisotopic (exact) mass is 277 g/mol. The third-order valence-corrected chi connectivity index (χ3v) is 3.41. The number of anilines is 1. The van der Waals surface area contributed by atoms with Crippen LogP contribution in [0.4, 0.5) is 5.82 Å². The number of aryl methyl sites for hydroxylation is 1. The first-order chi connectivity index (χ1) is 10.3. The van der Waals surface area contributed by atoms with Crippen LogP contribution in [-0.4, -0.2) is 21.1 Å². The quantitative estimate of drug-likeness (QED) is 0.795. The molecular formula is C16H15N5. The summed E-state index contributed by atoms with van der Waals surface area (Å²) in [6.45, 7) is 0.723. The second-order valence-electron chi connectivity index (χ2n) is 4.82. The average Bonchev–Trinajstić information content (AvgIpc) is 2.92. The lowest BCUT2D eigenvalue weighted by molar-refractivity contribution is 0.789. The molecule has 0 saturated carbocycles. The van der Waals surface area contributed by atoms with E-state index >= 15 is 0 Å². The van der Waals surface area contributed by atoms with E-state index in [-0.39, 0.29) is 0 Å².